The van der Waals surface area contributed by atoms with E-state index in [1.165, 1.54) is 6.92 Å². The highest BCUT2D eigenvalue weighted by molar-refractivity contribution is 8.00. The van der Waals surface area contributed by atoms with Crippen molar-refractivity contribution in [2.75, 3.05) is 31.9 Å². The number of halogens is 3. The minimum absolute atomic E-state index is 0.0211. The van der Waals surface area contributed by atoms with Gasteiger partial charge in [0, 0.05) is 77.9 Å². The Morgan fingerprint density at radius 3 is 2.55 bits per heavy atom. The van der Waals surface area contributed by atoms with Crippen LogP contribution in [0.5, 0.6) is 0 Å². The minimum Gasteiger partial charge on any atom is -0.373 e. The second-order valence-corrected chi connectivity index (χ2v) is 11.8. The number of rotatable bonds is 9. The second kappa shape index (κ2) is 12.1. The third-order valence-corrected chi connectivity index (χ3v) is 8.62. The Morgan fingerprint density at radius 1 is 1.16 bits per heavy atom. The van der Waals surface area contributed by atoms with Crippen molar-refractivity contribution in [3.05, 3.63) is 68.5 Å². The smallest absolute Gasteiger partial charge is 0.293 e. The summed E-state index contributed by atoms with van der Waals surface area (Å²) in [6.45, 7) is 7.96. The van der Waals surface area contributed by atoms with Crippen LogP contribution in [0.1, 0.15) is 53.0 Å². The summed E-state index contributed by atoms with van der Waals surface area (Å²) in [7, 11) is 0. The standard InChI is InChI=1S/C29H34ClF2N3O2S/c1-4-29(31,32)38-14-13-33-27(36)25-12-9-22-6-5-19(2)34(18-26(22)20(25)3)15-21-16-35(17-21)28(37)23-7-10-24(30)11-8-23/h6-12,18-19,21H,4-5,13-17H2,1-3H3,(H,33,36). The van der Waals surface area contributed by atoms with Crippen LogP contribution < -0.4 is 15.8 Å². The first kappa shape index (κ1) is 28.4. The first-order valence-corrected chi connectivity index (χ1v) is 14.4. The average molecular weight is 562 g/mol. The van der Waals surface area contributed by atoms with Crippen LogP contribution in [-0.4, -0.2) is 64.8 Å². The SMILES string of the molecule is CCC(F)(F)SCCNC(=O)c1ccc2c(c1C)=CN(CC1CN(C(=O)c3ccc(Cl)cc3)C1)C(C)CC=2. The molecule has 4 rings (SSSR count). The van der Waals surface area contributed by atoms with Crippen molar-refractivity contribution in [3.8, 4) is 0 Å². The van der Waals surface area contributed by atoms with Gasteiger partial charge in [0.2, 0.25) is 0 Å². The maximum Gasteiger partial charge on any atom is 0.293 e. The molecule has 0 saturated carbocycles. The Labute approximate surface area is 231 Å². The maximum atomic E-state index is 13.4. The van der Waals surface area contributed by atoms with E-state index in [1.807, 2.05) is 24.0 Å². The van der Waals surface area contributed by atoms with Crippen LogP contribution in [0.3, 0.4) is 0 Å². The molecule has 204 valence electrons. The number of fused-ring (bicyclic) bond motifs is 1. The lowest BCUT2D eigenvalue weighted by Crippen LogP contribution is -2.54. The van der Waals surface area contributed by atoms with Crippen LogP contribution in [0.4, 0.5) is 8.78 Å². The third kappa shape index (κ3) is 6.70. The van der Waals surface area contributed by atoms with Crippen molar-refractivity contribution in [2.45, 2.75) is 44.9 Å². The predicted molar refractivity (Wildman–Crippen MR) is 151 cm³/mol. The summed E-state index contributed by atoms with van der Waals surface area (Å²) in [5, 5.41) is 2.71. The number of alkyl halides is 2. The molecule has 0 spiro atoms. The number of thioether (sulfide) groups is 1. The Balaban J connectivity index is 1.41. The minimum atomic E-state index is -2.77. The largest absolute Gasteiger partial charge is 0.373 e. The fourth-order valence-electron chi connectivity index (χ4n) is 4.79. The number of nitrogens with one attached hydrogen (secondary N) is 1. The van der Waals surface area contributed by atoms with E-state index in [0.717, 1.165) is 29.0 Å². The van der Waals surface area contributed by atoms with Crippen LogP contribution >= 0.6 is 23.4 Å². The van der Waals surface area contributed by atoms with E-state index in [4.69, 9.17) is 11.6 Å². The predicted octanol–water partition coefficient (Wildman–Crippen LogP) is 4.50. The summed E-state index contributed by atoms with van der Waals surface area (Å²) in [6.07, 6.45) is 4.98. The zero-order valence-electron chi connectivity index (χ0n) is 22.0. The lowest BCUT2D eigenvalue weighted by molar-refractivity contribution is 0.0441. The molecule has 9 heteroatoms. The van der Waals surface area contributed by atoms with Gasteiger partial charge in [-0.3, -0.25) is 9.59 Å². The fourth-order valence-corrected chi connectivity index (χ4v) is 5.62. The number of carbonyl (C=O) groups excluding carboxylic acids is 2. The Bertz CT molecular complexity index is 1300. The Hall–Kier alpha value is -2.58. The Kier molecular flexibility index (Phi) is 9.04. The molecule has 0 bridgehead atoms. The van der Waals surface area contributed by atoms with Crippen LogP contribution in [-0.2, 0) is 0 Å². The molecule has 0 aliphatic carbocycles. The topological polar surface area (TPSA) is 52.7 Å². The van der Waals surface area contributed by atoms with Crippen LogP contribution in [0.2, 0.25) is 5.02 Å². The number of carbonyl (C=O) groups is 2. The highest BCUT2D eigenvalue weighted by Gasteiger charge is 2.33. The van der Waals surface area contributed by atoms with Gasteiger partial charge in [0.15, 0.2) is 0 Å². The molecule has 2 amide bonds. The first-order valence-electron chi connectivity index (χ1n) is 13.0. The number of hydrogen-bond acceptors (Lipinski definition) is 4. The molecule has 38 heavy (non-hydrogen) atoms. The second-order valence-electron chi connectivity index (χ2n) is 10.0. The van der Waals surface area contributed by atoms with Crippen molar-refractivity contribution < 1.29 is 18.4 Å². The van der Waals surface area contributed by atoms with Crippen molar-refractivity contribution in [2.24, 2.45) is 5.92 Å². The molecule has 0 radical (unpaired) electrons. The zero-order chi connectivity index (χ0) is 27.4. The van der Waals surface area contributed by atoms with Gasteiger partial charge in [-0.05, 0) is 61.4 Å². The monoisotopic (exact) mass is 561 g/mol. The summed E-state index contributed by atoms with van der Waals surface area (Å²) in [5.41, 5.74) is 2.07. The molecule has 1 atom stereocenters. The molecular weight excluding hydrogens is 528 g/mol. The van der Waals surface area contributed by atoms with Gasteiger partial charge in [-0.25, -0.2) is 0 Å². The lowest BCUT2D eigenvalue weighted by atomic mass is 9.97. The van der Waals surface area contributed by atoms with E-state index in [0.29, 0.717) is 46.9 Å². The van der Waals surface area contributed by atoms with Crippen molar-refractivity contribution in [3.63, 3.8) is 0 Å². The van der Waals surface area contributed by atoms with Gasteiger partial charge in [0.25, 0.3) is 17.1 Å². The van der Waals surface area contributed by atoms with Gasteiger partial charge in [-0.15, -0.1) is 0 Å². The number of nitrogens with zero attached hydrogens (tertiary/aromatic N) is 2. The van der Waals surface area contributed by atoms with Crippen molar-refractivity contribution in [1.82, 2.24) is 15.1 Å². The number of benzene rings is 2. The molecule has 0 aromatic heterocycles. The lowest BCUT2D eigenvalue weighted by Gasteiger charge is -2.42. The van der Waals surface area contributed by atoms with E-state index in [-0.39, 0.29) is 36.6 Å². The number of amides is 2. The van der Waals surface area contributed by atoms with E-state index in [9.17, 15) is 18.4 Å². The zero-order valence-corrected chi connectivity index (χ0v) is 23.5. The van der Waals surface area contributed by atoms with Crippen molar-refractivity contribution >= 4 is 47.5 Å². The van der Waals surface area contributed by atoms with E-state index < -0.39 is 5.25 Å². The van der Waals surface area contributed by atoms with E-state index in [1.54, 1.807) is 24.3 Å². The van der Waals surface area contributed by atoms with Crippen LogP contribution in [0.25, 0.3) is 12.3 Å². The molecular formula is C29H34ClF2N3O2S. The van der Waals surface area contributed by atoms with Gasteiger partial charge < -0.3 is 15.1 Å². The van der Waals surface area contributed by atoms with Gasteiger partial charge in [0.05, 0.1) is 0 Å². The van der Waals surface area contributed by atoms with Crippen LogP contribution in [0.15, 0.2) is 36.4 Å². The molecule has 2 heterocycles. The van der Waals surface area contributed by atoms with Gasteiger partial charge in [-0.1, -0.05) is 42.4 Å². The molecule has 5 nitrogen and oxygen atoms in total. The average Bonchev–Trinajstić information content (AvgIpc) is 3.03. The number of likely N-dealkylation sites (tertiary alicyclic amines) is 1. The summed E-state index contributed by atoms with van der Waals surface area (Å²) < 4.78 is 26.9. The molecule has 1 N–H and O–H groups in total. The molecule has 1 fully saturated rings. The summed E-state index contributed by atoms with van der Waals surface area (Å²) in [5.74, 6) is 0.281. The molecule has 2 aliphatic rings. The first-order chi connectivity index (χ1) is 18.1. The van der Waals surface area contributed by atoms with E-state index in [2.05, 4.69) is 29.4 Å². The maximum absolute atomic E-state index is 13.4. The molecule has 2 aromatic carbocycles. The van der Waals surface area contributed by atoms with Gasteiger partial charge in [-0.2, -0.15) is 8.78 Å². The summed E-state index contributed by atoms with van der Waals surface area (Å²) >= 11 is 6.51. The highest BCUT2D eigenvalue weighted by Crippen LogP contribution is 2.31. The van der Waals surface area contributed by atoms with Gasteiger partial charge >= 0.3 is 0 Å². The normalized spacial score (nSPS) is 17.6. The number of hydrogen-bond donors (Lipinski definition) is 1. The van der Waals surface area contributed by atoms with E-state index >= 15 is 0 Å². The highest BCUT2D eigenvalue weighted by atomic mass is 35.5. The fraction of sp³-hybridized carbons (Fsp3) is 0.448. The molecule has 1 unspecified atom stereocenters. The summed E-state index contributed by atoms with van der Waals surface area (Å²) in [4.78, 5) is 29.8. The summed E-state index contributed by atoms with van der Waals surface area (Å²) in [6, 6.07) is 11.0. The molecule has 2 aromatic rings. The molecule has 2 aliphatic heterocycles. The quantitative estimate of drug-likeness (QED) is 0.458. The Morgan fingerprint density at radius 2 is 1.87 bits per heavy atom. The molecule has 1 saturated heterocycles. The van der Waals surface area contributed by atoms with Gasteiger partial charge in [0.1, 0.15) is 0 Å². The van der Waals surface area contributed by atoms with Crippen LogP contribution in [0, 0.1) is 12.8 Å². The third-order valence-electron chi connectivity index (χ3n) is 7.25. The van der Waals surface area contributed by atoms with Crippen molar-refractivity contribution in [1.29, 1.82) is 0 Å².